The monoisotopic (exact) mass is 685 g/mol. The summed E-state index contributed by atoms with van der Waals surface area (Å²) in [4.78, 5) is 29.7. The third kappa shape index (κ3) is 9.01. The summed E-state index contributed by atoms with van der Waals surface area (Å²) in [6, 6.07) is 27.7. The van der Waals surface area contributed by atoms with Crippen molar-refractivity contribution < 1.29 is 18.0 Å². The zero-order chi connectivity index (χ0) is 32.4. The van der Waals surface area contributed by atoms with Crippen LogP contribution in [0.1, 0.15) is 30.9 Å². The molecule has 0 spiro atoms. The summed E-state index contributed by atoms with van der Waals surface area (Å²) in [5.74, 6) is -0.944. The van der Waals surface area contributed by atoms with Crippen molar-refractivity contribution in [1.29, 1.82) is 0 Å². The molecule has 4 aromatic rings. The second-order valence-corrected chi connectivity index (χ2v) is 13.5. The minimum Gasteiger partial charge on any atom is -0.354 e. The number of anilines is 1. The lowest BCUT2D eigenvalue weighted by Gasteiger charge is -2.34. The summed E-state index contributed by atoms with van der Waals surface area (Å²) >= 11 is 19.0. The maximum atomic E-state index is 14.5. The first-order valence-corrected chi connectivity index (χ1v) is 17.1. The van der Waals surface area contributed by atoms with E-state index in [9.17, 15) is 18.0 Å². The van der Waals surface area contributed by atoms with Crippen molar-refractivity contribution in [2.45, 2.75) is 43.7 Å². The number of hydrogen-bond acceptors (Lipinski definition) is 4. The van der Waals surface area contributed by atoms with Crippen molar-refractivity contribution in [3.05, 3.63) is 129 Å². The molecule has 11 heteroatoms. The Bertz CT molecular complexity index is 1690. The van der Waals surface area contributed by atoms with Crippen LogP contribution in [0.15, 0.2) is 108 Å². The minimum absolute atomic E-state index is 0.0196. The Labute approximate surface area is 279 Å². The first kappa shape index (κ1) is 34.3. The Balaban J connectivity index is 1.81. The summed E-state index contributed by atoms with van der Waals surface area (Å²) < 4.78 is 29.1. The number of benzene rings is 4. The first-order chi connectivity index (χ1) is 21.6. The smallest absolute Gasteiger partial charge is 0.264 e. The van der Waals surface area contributed by atoms with Gasteiger partial charge in [-0.15, -0.1) is 0 Å². The van der Waals surface area contributed by atoms with Gasteiger partial charge in [0.1, 0.15) is 12.6 Å². The van der Waals surface area contributed by atoms with Crippen LogP contribution in [0.25, 0.3) is 0 Å². The van der Waals surface area contributed by atoms with E-state index in [1.54, 1.807) is 48.5 Å². The Kier molecular flexibility index (Phi) is 12.3. The van der Waals surface area contributed by atoms with Crippen LogP contribution in [-0.4, -0.2) is 44.3 Å². The van der Waals surface area contributed by atoms with Gasteiger partial charge in [-0.2, -0.15) is 0 Å². The number of nitrogens with one attached hydrogen (secondary N) is 1. The van der Waals surface area contributed by atoms with Crippen molar-refractivity contribution in [1.82, 2.24) is 10.2 Å². The molecule has 0 fully saturated rings. The number of nitrogens with zero attached hydrogens (tertiary/aromatic N) is 2. The minimum atomic E-state index is -4.30. The van der Waals surface area contributed by atoms with Crippen LogP contribution in [0.4, 0.5) is 5.69 Å². The number of unbranched alkanes of at least 4 members (excludes halogenated alkanes) is 1. The topological polar surface area (TPSA) is 86.8 Å². The van der Waals surface area contributed by atoms with Crippen LogP contribution in [-0.2, 0) is 32.6 Å². The van der Waals surface area contributed by atoms with Crippen molar-refractivity contribution >= 4 is 62.3 Å². The Morgan fingerprint density at radius 3 is 2.09 bits per heavy atom. The van der Waals surface area contributed by atoms with Crippen LogP contribution in [0.5, 0.6) is 0 Å². The average molecular weight is 687 g/mol. The largest absolute Gasteiger partial charge is 0.354 e. The first-order valence-electron chi connectivity index (χ1n) is 14.5. The van der Waals surface area contributed by atoms with E-state index in [2.05, 4.69) is 5.32 Å². The second kappa shape index (κ2) is 16.1. The lowest BCUT2D eigenvalue weighted by Crippen LogP contribution is -2.53. The van der Waals surface area contributed by atoms with Gasteiger partial charge in [0.25, 0.3) is 10.0 Å². The molecular weight excluding hydrogens is 653 g/mol. The third-order valence-corrected chi connectivity index (χ3v) is 10.0. The van der Waals surface area contributed by atoms with E-state index in [-0.39, 0.29) is 39.5 Å². The fourth-order valence-electron chi connectivity index (χ4n) is 4.76. The number of hydrogen-bond donors (Lipinski definition) is 1. The molecule has 1 N–H and O–H groups in total. The molecule has 236 valence electrons. The second-order valence-electron chi connectivity index (χ2n) is 10.4. The van der Waals surface area contributed by atoms with Crippen molar-refractivity contribution in [3.63, 3.8) is 0 Å². The molecule has 0 bridgehead atoms. The van der Waals surface area contributed by atoms with Crippen LogP contribution in [0.3, 0.4) is 0 Å². The van der Waals surface area contributed by atoms with Gasteiger partial charge in [0.2, 0.25) is 11.8 Å². The highest BCUT2D eigenvalue weighted by atomic mass is 35.5. The Hall–Kier alpha value is -3.56. The summed E-state index contributed by atoms with van der Waals surface area (Å²) in [6.45, 7) is 1.85. The number of carbonyl (C=O) groups is 2. The molecule has 0 heterocycles. The van der Waals surface area contributed by atoms with Crippen LogP contribution < -0.4 is 9.62 Å². The Morgan fingerprint density at radius 1 is 0.800 bits per heavy atom. The Morgan fingerprint density at radius 2 is 1.44 bits per heavy atom. The summed E-state index contributed by atoms with van der Waals surface area (Å²) in [6.07, 6.45) is 1.86. The lowest BCUT2D eigenvalue weighted by atomic mass is 10.0. The van der Waals surface area contributed by atoms with Gasteiger partial charge < -0.3 is 10.2 Å². The number of carbonyl (C=O) groups excluding carboxylic acids is 2. The molecule has 0 saturated heterocycles. The number of amides is 2. The molecule has 2 amide bonds. The van der Waals surface area contributed by atoms with Gasteiger partial charge in [0.15, 0.2) is 0 Å². The molecular formula is C34H34Cl3N3O4S. The molecule has 45 heavy (non-hydrogen) atoms. The maximum Gasteiger partial charge on any atom is 0.264 e. The summed E-state index contributed by atoms with van der Waals surface area (Å²) in [5.41, 5.74) is 1.60. The van der Waals surface area contributed by atoms with Crippen molar-refractivity contribution in [2.75, 3.05) is 17.4 Å². The molecule has 0 aliphatic carbocycles. The van der Waals surface area contributed by atoms with Crippen LogP contribution in [0.2, 0.25) is 15.1 Å². The average Bonchev–Trinajstić information content (AvgIpc) is 3.04. The molecule has 4 aromatic carbocycles. The van der Waals surface area contributed by atoms with Crippen molar-refractivity contribution in [3.8, 4) is 0 Å². The van der Waals surface area contributed by atoms with Gasteiger partial charge in [-0.25, -0.2) is 8.42 Å². The van der Waals surface area contributed by atoms with Crippen LogP contribution in [0, 0.1) is 0 Å². The highest BCUT2D eigenvalue weighted by molar-refractivity contribution is 7.92. The molecule has 1 atom stereocenters. The van der Waals surface area contributed by atoms with E-state index >= 15 is 0 Å². The molecule has 0 aliphatic rings. The summed E-state index contributed by atoms with van der Waals surface area (Å²) in [5, 5.41) is 3.60. The quantitative estimate of drug-likeness (QED) is 0.140. The number of sulfonamides is 1. The lowest BCUT2D eigenvalue weighted by molar-refractivity contribution is -0.140. The number of halogens is 3. The third-order valence-electron chi connectivity index (χ3n) is 7.18. The molecule has 0 unspecified atom stereocenters. The predicted molar refractivity (Wildman–Crippen MR) is 181 cm³/mol. The van der Waals surface area contributed by atoms with E-state index in [1.807, 2.05) is 37.3 Å². The normalized spacial score (nSPS) is 11.9. The van der Waals surface area contributed by atoms with Gasteiger partial charge in [-0.05, 0) is 53.9 Å². The van der Waals surface area contributed by atoms with E-state index in [1.165, 1.54) is 29.2 Å². The fourth-order valence-corrected chi connectivity index (χ4v) is 6.79. The predicted octanol–water partition coefficient (Wildman–Crippen LogP) is 7.40. The highest BCUT2D eigenvalue weighted by Crippen LogP contribution is 2.35. The van der Waals surface area contributed by atoms with Crippen LogP contribution >= 0.6 is 34.8 Å². The maximum absolute atomic E-state index is 14.5. The zero-order valence-electron chi connectivity index (χ0n) is 24.7. The van der Waals surface area contributed by atoms with E-state index in [4.69, 9.17) is 34.8 Å². The molecule has 0 saturated carbocycles. The standard InChI is InChI=1S/C34H34Cl3N3O4S/c1-2-3-21-38-34(42)31(22-25-11-6-4-7-12-25)39(23-26-17-19-27(35)20-18-26)32(41)24-40(30-16-10-15-29(36)33(30)37)45(43,44)28-13-8-5-9-14-28/h4-20,31H,2-3,21-24H2,1H3,(H,38,42)/t31-/m0/s1. The highest BCUT2D eigenvalue weighted by Gasteiger charge is 2.35. The molecule has 0 radical (unpaired) electrons. The van der Waals surface area contributed by atoms with Gasteiger partial charge in [0.05, 0.1) is 20.6 Å². The van der Waals surface area contributed by atoms with E-state index in [0.29, 0.717) is 17.1 Å². The number of rotatable bonds is 14. The summed E-state index contributed by atoms with van der Waals surface area (Å²) in [7, 11) is -4.30. The van der Waals surface area contributed by atoms with Gasteiger partial charge in [-0.3, -0.25) is 13.9 Å². The SMILES string of the molecule is CCCCNC(=O)[C@H](Cc1ccccc1)N(Cc1ccc(Cl)cc1)C(=O)CN(c1cccc(Cl)c1Cl)S(=O)(=O)c1ccccc1. The fraction of sp³-hybridized carbons (Fsp3) is 0.235. The zero-order valence-corrected chi connectivity index (χ0v) is 27.8. The molecule has 4 rings (SSSR count). The van der Waals surface area contributed by atoms with Gasteiger partial charge in [0, 0.05) is 24.5 Å². The molecule has 0 aromatic heterocycles. The van der Waals surface area contributed by atoms with Gasteiger partial charge >= 0.3 is 0 Å². The van der Waals surface area contributed by atoms with Crippen molar-refractivity contribution in [2.24, 2.45) is 0 Å². The molecule has 7 nitrogen and oxygen atoms in total. The molecule has 0 aliphatic heterocycles. The van der Waals surface area contributed by atoms with E-state index < -0.39 is 28.5 Å². The van der Waals surface area contributed by atoms with E-state index in [0.717, 1.165) is 22.7 Å². The van der Waals surface area contributed by atoms with Gasteiger partial charge in [-0.1, -0.05) is 115 Å².